The molecule has 36 heavy (non-hydrogen) atoms. The van der Waals surface area contributed by atoms with Crippen LogP contribution in [0, 0.1) is 0 Å². The summed E-state index contributed by atoms with van der Waals surface area (Å²) >= 11 is 3.31. The number of halogens is 1. The average molecular weight is 559 g/mol. The van der Waals surface area contributed by atoms with Crippen molar-refractivity contribution in [2.24, 2.45) is 0 Å². The number of amides is 1. The lowest BCUT2D eigenvalue weighted by molar-refractivity contribution is -0.140. The van der Waals surface area contributed by atoms with E-state index in [0.717, 1.165) is 19.6 Å². The van der Waals surface area contributed by atoms with Crippen LogP contribution < -0.4 is 0 Å². The van der Waals surface area contributed by atoms with Crippen LogP contribution in [0.5, 0.6) is 5.75 Å². The zero-order valence-electron chi connectivity index (χ0n) is 19.8. The van der Waals surface area contributed by atoms with Crippen LogP contribution >= 0.6 is 15.9 Å². The van der Waals surface area contributed by atoms with Crippen LogP contribution in [0.1, 0.15) is 33.9 Å². The van der Waals surface area contributed by atoms with Crippen molar-refractivity contribution in [3.8, 4) is 5.75 Å². The normalized spacial score (nSPS) is 20.1. The maximum absolute atomic E-state index is 13.2. The number of esters is 1. The second-order valence-electron chi connectivity index (χ2n) is 8.58. The van der Waals surface area contributed by atoms with Crippen LogP contribution in [0.3, 0.4) is 0 Å². The fourth-order valence-electron chi connectivity index (χ4n) is 4.51. The molecule has 0 saturated carbocycles. The number of aliphatic hydroxyl groups excluding tert-OH is 1. The van der Waals surface area contributed by atoms with Gasteiger partial charge >= 0.3 is 5.97 Å². The number of morpholine rings is 1. The van der Waals surface area contributed by atoms with Gasteiger partial charge in [-0.3, -0.25) is 14.5 Å². The molecule has 0 spiro atoms. The number of benzene rings is 2. The van der Waals surface area contributed by atoms with Crippen molar-refractivity contribution < 1.29 is 34.1 Å². The van der Waals surface area contributed by atoms with Gasteiger partial charge in [-0.1, -0.05) is 28.1 Å². The summed E-state index contributed by atoms with van der Waals surface area (Å²) in [4.78, 5) is 41.9. The first-order valence-electron chi connectivity index (χ1n) is 11.6. The van der Waals surface area contributed by atoms with E-state index in [4.69, 9.17) is 9.47 Å². The van der Waals surface area contributed by atoms with Gasteiger partial charge < -0.3 is 24.6 Å². The Morgan fingerprint density at radius 3 is 2.47 bits per heavy atom. The summed E-state index contributed by atoms with van der Waals surface area (Å²) in [5.41, 5.74) is 0.775. The standard InChI is InChI=1S/C26H27BrN2O7/c1-35-26(34)17-5-3-16(4-6-17)22-21(23(31)19-15-18(27)7-8-20(19)30)24(32)25(33)29(22)10-2-9-28-11-13-36-14-12-28/h3-8,15,22,30-31H,2,9-14H2,1H3. The molecule has 2 aliphatic heterocycles. The number of ketones is 1. The molecule has 0 bridgehead atoms. The molecule has 9 nitrogen and oxygen atoms in total. The van der Waals surface area contributed by atoms with Crippen LogP contribution in [-0.2, 0) is 19.1 Å². The van der Waals surface area contributed by atoms with E-state index in [1.807, 2.05) is 0 Å². The summed E-state index contributed by atoms with van der Waals surface area (Å²) < 4.78 is 10.7. The lowest BCUT2D eigenvalue weighted by Crippen LogP contribution is -2.39. The molecule has 0 radical (unpaired) electrons. The molecule has 2 N–H and O–H groups in total. The predicted octanol–water partition coefficient (Wildman–Crippen LogP) is 3.09. The van der Waals surface area contributed by atoms with E-state index in [2.05, 4.69) is 20.8 Å². The van der Waals surface area contributed by atoms with Gasteiger partial charge in [-0.25, -0.2) is 4.79 Å². The SMILES string of the molecule is COC(=O)c1ccc(C2C(=C(O)c3cc(Br)ccc3O)C(=O)C(=O)N2CCCN2CCOCC2)cc1. The molecule has 190 valence electrons. The number of rotatable bonds is 7. The number of Topliss-reactive ketones (excluding diaryl/α,β-unsaturated/α-hetero) is 1. The first-order valence-corrected chi connectivity index (χ1v) is 12.4. The third kappa shape index (κ3) is 5.30. The average Bonchev–Trinajstić information content (AvgIpc) is 3.15. The van der Waals surface area contributed by atoms with Gasteiger partial charge in [-0.2, -0.15) is 0 Å². The fourth-order valence-corrected chi connectivity index (χ4v) is 4.87. The minimum atomic E-state index is -0.889. The van der Waals surface area contributed by atoms with Crippen LogP contribution in [0.25, 0.3) is 5.76 Å². The van der Waals surface area contributed by atoms with E-state index in [9.17, 15) is 24.6 Å². The summed E-state index contributed by atoms with van der Waals surface area (Å²) in [6, 6.07) is 9.93. The molecule has 1 unspecified atom stereocenters. The van der Waals surface area contributed by atoms with Gasteiger partial charge in [0, 0.05) is 30.7 Å². The second-order valence-corrected chi connectivity index (χ2v) is 9.49. The number of carbonyl (C=O) groups is 3. The van der Waals surface area contributed by atoms with Crippen molar-refractivity contribution in [3.05, 3.63) is 69.2 Å². The highest BCUT2D eigenvalue weighted by Gasteiger charge is 2.46. The van der Waals surface area contributed by atoms with Crippen molar-refractivity contribution >= 4 is 39.3 Å². The summed E-state index contributed by atoms with van der Waals surface area (Å²) in [5, 5.41) is 21.5. The molecule has 2 fully saturated rings. The third-order valence-electron chi connectivity index (χ3n) is 6.38. The topological polar surface area (TPSA) is 117 Å². The van der Waals surface area contributed by atoms with Gasteiger partial charge in [0.05, 0.1) is 43.1 Å². The van der Waals surface area contributed by atoms with Gasteiger partial charge in [0.25, 0.3) is 11.7 Å². The molecular formula is C26H27BrN2O7. The van der Waals surface area contributed by atoms with E-state index >= 15 is 0 Å². The molecule has 2 aromatic carbocycles. The summed E-state index contributed by atoms with van der Waals surface area (Å²) in [5.74, 6) is -2.77. The molecule has 1 atom stereocenters. The molecule has 0 aliphatic carbocycles. The van der Waals surface area contributed by atoms with E-state index in [0.29, 0.717) is 35.2 Å². The van der Waals surface area contributed by atoms with Gasteiger partial charge in [0.15, 0.2) is 0 Å². The number of phenolic OH excluding ortho intramolecular Hbond substituents is 1. The maximum atomic E-state index is 13.2. The van der Waals surface area contributed by atoms with Gasteiger partial charge in [0.2, 0.25) is 0 Å². The number of likely N-dealkylation sites (tertiary alicyclic amines) is 1. The highest BCUT2D eigenvalue weighted by atomic mass is 79.9. The largest absolute Gasteiger partial charge is 0.507 e. The Kier molecular flexibility index (Phi) is 8.07. The first-order chi connectivity index (χ1) is 17.3. The number of hydrogen-bond acceptors (Lipinski definition) is 8. The molecule has 2 heterocycles. The highest BCUT2D eigenvalue weighted by molar-refractivity contribution is 9.10. The summed E-state index contributed by atoms with van der Waals surface area (Å²) in [6.07, 6.45) is 0.617. The monoisotopic (exact) mass is 558 g/mol. The molecule has 2 aromatic rings. The van der Waals surface area contributed by atoms with Crippen LogP contribution in [0.15, 0.2) is 52.5 Å². The van der Waals surface area contributed by atoms with Crippen molar-refractivity contribution in [1.29, 1.82) is 0 Å². The zero-order chi connectivity index (χ0) is 25.8. The van der Waals surface area contributed by atoms with Gasteiger partial charge in [-0.05, 0) is 42.3 Å². The molecule has 4 rings (SSSR count). The Morgan fingerprint density at radius 2 is 1.81 bits per heavy atom. The number of aliphatic hydroxyl groups is 1. The zero-order valence-corrected chi connectivity index (χ0v) is 21.4. The Hall–Kier alpha value is -3.21. The van der Waals surface area contributed by atoms with Gasteiger partial charge in [0.1, 0.15) is 11.5 Å². The number of carbonyl (C=O) groups excluding carboxylic acids is 3. The van der Waals surface area contributed by atoms with Crippen LogP contribution in [0.4, 0.5) is 0 Å². The maximum Gasteiger partial charge on any atom is 0.337 e. The smallest absolute Gasteiger partial charge is 0.337 e. The molecular weight excluding hydrogens is 532 g/mol. The fraction of sp³-hybridized carbons (Fsp3) is 0.346. The minimum Gasteiger partial charge on any atom is -0.507 e. The first kappa shape index (κ1) is 25.9. The highest BCUT2D eigenvalue weighted by Crippen LogP contribution is 2.41. The third-order valence-corrected chi connectivity index (χ3v) is 6.87. The quantitative estimate of drug-likeness (QED) is 0.230. The second kappa shape index (κ2) is 11.2. The molecule has 2 aliphatic rings. The lowest BCUT2D eigenvalue weighted by atomic mass is 9.94. The van der Waals surface area contributed by atoms with Crippen molar-refractivity contribution in [2.75, 3.05) is 46.5 Å². The van der Waals surface area contributed by atoms with Crippen LogP contribution in [0.2, 0.25) is 0 Å². The number of aromatic hydroxyl groups is 1. The van der Waals surface area contributed by atoms with Crippen molar-refractivity contribution in [3.63, 3.8) is 0 Å². The Labute approximate surface area is 217 Å². The van der Waals surface area contributed by atoms with Crippen LogP contribution in [-0.4, -0.2) is 84.2 Å². The number of methoxy groups -OCH3 is 1. The number of ether oxygens (including phenoxy) is 2. The van der Waals surface area contributed by atoms with Crippen molar-refractivity contribution in [1.82, 2.24) is 9.80 Å². The van der Waals surface area contributed by atoms with Gasteiger partial charge in [-0.15, -0.1) is 0 Å². The summed E-state index contributed by atoms with van der Waals surface area (Å²) in [7, 11) is 1.28. The number of phenols is 1. The molecule has 10 heteroatoms. The number of hydrogen-bond donors (Lipinski definition) is 2. The van der Waals surface area contributed by atoms with Crippen molar-refractivity contribution in [2.45, 2.75) is 12.5 Å². The van der Waals surface area contributed by atoms with E-state index < -0.39 is 29.5 Å². The van der Waals surface area contributed by atoms with E-state index in [1.54, 1.807) is 30.3 Å². The molecule has 2 saturated heterocycles. The minimum absolute atomic E-state index is 0.0341. The van der Waals surface area contributed by atoms with E-state index in [-0.39, 0.29) is 23.4 Å². The predicted molar refractivity (Wildman–Crippen MR) is 134 cm³/mol. The lowest BCUT2D eigenvalue weighted by Gasteiger charge is -2.29. The molecule has 0 aromatic heterocycles. The molecule has 1 amide bonds. The summed E-state index contributed by atoms with van der Waals surface area (Å²) in [6.45, 7) is 3.94. The number of nitrogens with zero attached hydrogens (tertiary/aromatic N) is 2. The Morgan fingerprint density at radius 1 is 1.11 bits per heavy atom. The van der Waals surface area contributed by atoms with E-state index in [1.165, 1.54) is 24.1 Å². The Bertz CT molecular complexity index is 1190. The Balaban J connectivity index is 1.72.